The second-order valence-corrected chi connectivity index (χ2v) is 4.99. The van der Waals surface area contributed by atoms with Crippen molar-refractivity contribution in [1.82, 2.24) is 5.32 Å². The maximum absolute atomic E-state index is 11.7. The van der Waals surface area contributed by atoms with Crippen molar-refractivity contribution in [3.63, 3.8) is 0 Å². The second-order valence-electron chi connectivity index (χ2n) is 4.20. The van der Waals surface area contributed by atoms with E-state index >= 15 is 0 Å². The average Bonchev–Trinajstić information content (AvgIpc) is 2.34. The van der Waals surface area contributed by atoms with Gasteiger partial charge in [-0.15, -0.1) is 0 Å². The molecule has 4 nitrogen and oxygen atoms in total. The van der Waals surface area contributed by atoms with Gasteiger partial charge in [-0.05, 0) is 25.5 Å². The van der Waals surface area contributed by atoms with Crippen molar-refractivity contribution in [1.29, 1.82) is 0 Å². The molecule has 0 saturated carbocycles. The number of halogens is 2. The summed E-state index contributed by atoms with van der Waals surface area (Å²) >= 11 is 11.8. The molecule has 0 aliphatic rings. The number of amides is 2. The van der Waals surface area contributed by atoms with E-state index in [1.165, 1.54) is 0 Å². The highest BCUT2D eigenvalue weighted by molar-refractivity contribution is 6.44. The third-order valence-electron chi connectivity index (χ3n) is 2.57. The van der Waals surface area contributed by atoms with Crippen molar-refractivity contribution in [3.8, 4) is 0 Å². The van der Waals surface area contributed by atoms with Crippen molar-refractivity contribution in [2.45, 2.75) is 32.7 Å². The molecule has 0 aliphatic heterocycles. The zero-order chi connectivity index (χ0) is 14.4. The summed E-state index contributed by atoms with van der Waals surface area (Å²) in [7, 11) is 0. The first kappa shape index (κ1) is 15.8. The van der Waals surface area contributed by atoms with E-state index in [4.69, 9.17) is 23.2 Å². The van der Waals surface area contributed by atoms with Gasteiger partial charge in [0, 0.05) is 6.04 Å². The van der Waals surface area contributed by atoms with Crippen LogP contribution in [-0.4, -0.2) is 17.9 Å². The highest BCUT2D eigenvalue weighted by atomic mass is 35.5. The molecule has 1 unspecified atom stereocenters. The molecule has 1 aromatic carbocycles. The maximum atomic E-state index is 11.7. The van der Waals surface area contributed by atoms with Gasteiger partial charge < -0.3 is 10.6 Å². The van der Waals surface area contributed by atoms with Crippen LogP contribution in [0.3, 0.4) is 0 Å². The molecule has 2 N–H and O–H groups in total. The molecule has 19 heavy (non-hydrogen) atoms. The Morgan fingerprint density at radius 3 is 2.58 bits per heavy atom. The molecule has 1 rings (SSSR count). The molecule has 0 radical (unpaired) electrons. The molecular weight excluding hydrogens is 287 g/mol. The molecule has 0 heterocycles. The van der Waals surface area contributed by atoms with Crippen molar-refractivity contribution < 1.29 is 9.59 Å². The Hall–Kier alpha value is -1.26. The maximum Gasteiger partial charge on any atom is 0.233 e. The highest BCUT2D eigenvalue weighted by Gasteiger charge is 2.13. The van der Waals surface area contributed by atoms with Gasteiger partial charge in [0.1, 0.15) is 6.42 Å². The number of carbonyl (C=O) groups is 2. The molecule has 0 saturated heterocycles. The summed E-state index contributed by atoms with van der Waals surface area (Å²) in [4.78, 5) is 23.2. The number of anilines is 1. The lowest BCUT2D eigenvalue weighted by Gasteiger charge is -2.12. The molecule has 1 aromatic rings. The predicted molar refractivity (Wildman–Crippen MR) is 77.6 cm³/mol. The number of nitrogens with one attached hydrogen (secondary N) is 2. The van der Waals surface area contributed by atoms with Crippen LogP contribution in [0.4, 0.5) is 5.69 Å². The minimum atomic E-state index is -0.426. The monoisotopic (exact) mass is 302 g/mol. The van der Waals surface area contributed by atoms with Gasteiger partial charge in [-0.2, -0.15) is 0 Å². The van der Waals surface area contributed by atoms with E-state index < -0.39 is 5.91 Å². The molecular formula is C13H16Cl2N2O2. The number of benzene rings is 1. The van der Waals surface area contributed by atoms with Gasteiger partial charge in [0.15, 0.2) is 0 Å². The van der Waals surface area contributed by atoms with Crippen LogP contribution in [0, 0.1) is 0 Å². The number of hydrogen-bond donors (Lipinski definition) is 2. The summed E-state index contributed by atoms with van der Waals surface area (Å²) in [5.74, 6) is -0.741. The van der Waals surface area contributed by atoms with E-state index in [1.54, 1.807) is 18.2 Å². The molecule has 0 fully saturated rings. The average molecular weight is 303 g/mol. The predicted octanol–water partition coefficient (Wildman–Crippen LogP) is 3.24. The lowest BCUT2D eigenvalue weighted by Crippen LogP contribution is -2.34. The van der Waals surface area contributed by atoms with E-state index in [1.807, 2.05) is 13.8 Å². The van der Waals surface area contributed by atoms with Gasteiger partial charge in [0.05, 0.1) is 15.7 Å². The highest BCUT2D eigenvalue weighted by Crippen LogP contribution is 2.29. The standard InChI is InChI=1S/C13H16Cl2N2O2/c1-3-8(2)16-11(18)7-12(19)17-10-6-4-5-9(14)13(10)15/h4-6,8H,3,7H2,1-2H3,(H,16,18)(H,17,19). The first-order valence-electron chi connectivity index (χ1n) is 5.97. The van der Waals surface area contributed by atoms with Gasteiger partial charge >= 0.3 is 0 Å². The summed E-state index contributed by atoms with van der Waals surface area (Å²) in [5.41, 5.74) is 0.399. The summed E-state index contributed by atoms with van der Waals surface area (Å²) in [6, 6.07) is 4.96. The molecule has 2 amide bonds. The first-order chi connectivity index (χ1) is 8.93. The van der Waals surface area contributed by atoms with Crippen molar-refractivity contribution in [3.05, 3.63) is 28.2 Å². The Morgan fingerprint density at radius 1 is 1.26 bits per heavy atom. The Morgan fingerprint density at radius 2 is 1.95 bits per heavy atom. The molecule has 0 bridgehead atoms. The Balaban J connectivity index is 2.56. The van der Waals surface area contributed by atoms with Gasteiger partial charge in [-0.3, -0.25) is 9.59 Å². The number of rotatable bonds is 5. The first-order valence-corrected chi connectivity index (χ1v) is 6.72. The van der Waals surface area contributed by atoms with Crippen molar-refractivity contribution in [2.75, 3.05) is 5.32 Å². The molecule has 0 spiro atoms. The van der Waals surface area contributed by atoms with Crippen LogP contribution in [0.15, 0.2) is 18.2 Å². The van der Waals surface area contributed by atoms with Crippen LogP contribution in [0.1, 0.15) is 26.7 Å². The van der Waals surface area contributed by atoms with Gasteiger partial charge in [-0.25, -0.2) is 0 Å². The summed E-state index contributed by atoms with van der Waals surface area (Å²) in [6.45, 7) is 3.83. The van der Waals surface area contributed by atoms with Gasteiger partial charge in [0.2, 0.25) is 11.8 Å². The Kier molecular flexibility index (Phi) is 6.12. The molecule has 0 aliphatic carbocycles. The summed E-state index contributed by atoms with van der Waals surface area (Å²) in [6.07, 6.45) is 0.570. The third-order valence-corrected chi connectivity index (χ3v) is 3.39. The fraction of sp³-hybridized carbons (Fsp3) is 0.385. The minimum Gasteiger partial charge on any atom is -0.353 e. The van der Waals surface area contributed by atoms with Crippen LogP contribution in [-0.2, 0) is 9.59 Å². The smallest absolute Gasteiger partial charge is 0.233 e. The normalized spacial score (nSPS) is 11.8. The zero-order valence-electron chi connectivity index (χ0n) is 10.8. The van der Waals surface area contributed by atoms with E-state index in [2.05, 4.69) is 10.6 Å². The lowest BCUT2D eigenvalue weighted by atomic mass is 10.2. The Labute approximate surface area is 122 Å². The van der Waals surface area contributed by atoms with Crippen LogP contribution in [0.25, 0.3) is 0 Å². The molecule has 6 heteroatoms. The largest absolute Gasteiger partial charge is 0.353 e. The van der Waals surface area contributed by atoms with Gasteiger partial charge in [-0.1, -0.05) is 36.2 Å². The SMILES string of the molecule is CCC(C)NC(=O)CC(=O)Nc1cccc(Cl)c1Cl. The minimum absolute atomic E-state index is 0.0510. The van der Waals surface area contributed by atoms with Crippen LogP contribution < -0.4 is 10.6 Å². The Bertz CT molecular complexity index is 478. The fourth-order valence-corrected chi connectivity index (χ4v) is 1.72. The topological polar surface area (TPSA) is 58.2 Å². The zero-order valence-corrected chi connectivity index (χ0v) is 12.3. The van der Waals surface area contributed by atoms with Crippen molar-refractivity contribution >= 4 is 40.7 Å². The molecule has 0 aromatic heterocycles. The van der Waals surface area contributed by atoms with Gasteiger partial charge in [0.25, 0.3) is 0 Å². The molecule has 104 valence electrons. The molecule has 1 atom stereocenters. The third kappa shape index (κ3) is 5.09. The van der Waals surface area contributed by atoms with Crippen LogP contribution in [0.2, 0.25) is 10.0 Å². The summed E-state index contributed by atoms with van der Waals surface area (Å²) < 4.78 is 0. The van der Waals surface area contributed by atoms with Crippen LogP contribution in [0.5, 0.6) is 0 Å². The van der Waals surface area contributed by atoms with E-state index in [0.29, 0.717) is 10.7 Å². The second kappa shape index (κ2) is 7.36. The van der Waals surface area contributed by atoms with Crippen molar-refractivity contribution in [2.24, 2.45) is 0 Å². The lowest BCUT2D eigenvalue weighted by molar-refractivity contribution is -0.127. The summed E-state index contributed by atoms with van der Waals surface area (Å²) in [5, 5.41) is 5.88. The quantitative estimate of drug-likeness (QED) is 0.820. The van der Waals surface area contributed by atoms with E-state index in [9.17, 15) is 9.59 Å². The van der Waals surface area contributed by atoms with Crippen LogP contribution >= 0.6 is 23.2 Å². The number of carbonyl (C=O) groups excluding carboxylic acids is 2. The van der Waals surface area contributed by atoms with E-state index in [-0.39, 0.29) is 23.4 Å². The fourth-order valence-electron chi connectivity index (χ4n) is 1.37. The van der Waals surface area contributed by atoms with E-state index in [0.717, 1.165) is 6.42 Å². The number of hydrogen-bond acceptors (Lipinski definition) is 2.